The molecule has 2 N–H and O–H groups in total. The fourth-order valence-electron chi connectivity index (χ4n) is 3.34. The number of para-hydroxylation sites is 1. The number of carbonyl (C=O) groups excluding carboxylic acids is 1. The molecule has 2 atom stereocenters. The number of benzene rings is 1. The number of hydrogen-bond donors (Lipinski definition) is 2. The van der Waals surface area contributed by atoms with Crippen LogP contribution in [0.3, 0.4) is 0 Å². The van der Waals surface area contributed by atoms with Gasteiger partial charge in [0.15, 0.2) is 0 Å². The molecular formula is C20H32N2O2. The first-order valence-electron chi connectivity index (χ1n) is 9.27. The zero-order valence-corrected chi connectivity index (χ0v) is 15.3. The molecule has 1 aromatic carbocycles. The minimum atomic E-state index is 0.133. The van der Waals surface area contributed by atoms with Crippen molar-refractivity contribution in [3.05, 3.63) is 29.8 Å². The van der Waals surface area contributed by atoms with Crippen LogP contribution in [0.1, 0.15) is 51.5 Å². The lowest BCUT2D eigenvalue weighted by atomic mass is 9.85. The number of hydrogen-bond acceptors (Lipinski definition) is 3. The average molecular weight is 332 g/mol. The quantitative estimate of drug-likeness (QED) is 0.718. The van der Waals surface area contributed by atoms with Crippen molar-refractivity contribution < 1.29 is 9.53 Å². The summed E-state index contributed by atoms with van der Waals surface area (Å²) in [6.45, 7) is 9.73. The van der Waals surface area contributed by atoms with Crippen molar-refractivity contribution in [1.29, 1.82) is 0 Å². The van der Waals surface area contributed by atoms with Crippen LogP contribution in [0.2, 0.25) is 0 Å². The lowest BCUT2D eigenvalue weighted by Gasteiger charge is -2.28. The van der Waals surface area contributed by atoms with Crippen molar-refractivity contribution in [2.24, 2.45) is 11.8 Å². The van der Waals surface area contributed by atoms with E-state index in [2.05, 4.69) is 37.5 Å². The first-order valence-corrected chi connectivity index (χ1v) is 9.27. The van der Waals surface area contributed by atoms with Crippen molar-refractivity contribution in [3.63, 3.8) is 0 Å². The third kappa shape index (κ3) is 5.82. The molecule has 4 nitrogen and oxygen atoms in total. The van der Waals surface area contributed by atoms with Gasteiger partial charge in [-0.05, 0) is 55.3 Å². The van der Waals surface area contributed by atoms with E-state index in [0.29, 0.717) is 37.3 Å². The Kier molecular flexibility index (Phi) is 7.57. The van der Waals surface area contributed by atoms with Crippen LogP contribution >= 0.6 is 0 Å². The molecule has 134 valence electrons. The lowest BCUT2D eigenvalue weighted by Crippen LogP contribution is -2.36. The Labute approximate surface area is 146 Å². The van der Waals surface area contributed by atoms with Gasteiger partial charge in [-0.3, -0.25) is 4.79 Å². The molecule has 1 aliphatic heterocycles. The van der Waals surface area contributed by atoms with E-state index in [9.17, 15) is 4.79 Å². The molecule has 1 saturated heterocycles. The molecule has 1 amide bonds. The predicted octanol–water partition coefficient (Wildman–Crippen LogP) is 3.33. The van der Waals surface area contributed by atoms with Gasteiger partial charge in [0, 0.05) is 6.42 Å². The summed E-state index contributed by atoms with van der Waals surface area (Å²) in [5.41, 5.74) is 1.21. The summed E-state index contributed by atoms with van der Waals surface area (Å²) in [5, 5.41) is 6.41. The standard InChI is InChI=1S/C20H32N2O2/c1-15(2)18-8-4-5-9-19(18)24-12-11-22-20(23)13-16(3)17-7-6-10-21-14-17/h4-5,8-9,15-17,21H,6-7,10-14H2,1-3H3,(H,22,23). The summed E-state index contributed by atoms with van der Waals surface area (Å²) < 4.78 is 5.85. The van der Waals surface area contributed by atoms with Gasteiger partial charge in [0.2, 0.25) is 5.91 Å². The Morgan fingerprint density at radius 2 is 2.12 bits per heavy atom. The van der Waals surface area contributed by atoms with Gasteiger partial charge in [-0.25, -0.2) is 0 Å². The number of piperidine rings is 1. The largest absolute Gasteiger partial charge is 0.491 e. The Morgan fingerprint density at radius 3 is 2.83 bits per heavy atom. The highest BCUT2D eigenvalue weighted by molar-refractivity contribution is 5.76. The number of carbonyl (C=O) groups is 1. The Morgan fingerprint density at radius 1 is 1.33 bits per heavy atom. The highest BCUT2D eigenvalue weighted by atomic mass is 16.5. The number of ether oxygens (including phenoxy) is 1. The predicted molar refractivity (Wildman–Crippen MR) is 98.4 cm³/mol. The summed E-state index contributed by atoms with van der Waals surface area (Å²) in [6, 6.07) is 8.11. The molecule has 2 unspecified atom stereocenters. The smallest absolute Gasteiger partial charge is 0.220 e. The van der Waals surface area contributed by atoms with Gasteiger partial charge in [0.25, 0.3) is 0 Å². The first-order chi connectivity index (χ1) is 11.6. The van der Waals surface area contributed by atoms with E-state index < -0.39 is 0 Å². The van der Waals surface area contributed by atoms with Crippen molar-refractivity contribution >= 4 is 5.91 Å². The zero-order valence-electron chi connectivity index (χ0n) is 15.3. The third-order valence-corrected chi connectivity index (χ3v) is 4.87. The van der Waals surface area contributed by atoms with E-state index >= 15 is 0 Å². The minimum Gasteiger partial charge on any atom is -0.491 e. The van der Waals surface area contributed by atoms with E-state index in [-0.39, 0.29) is 5.91 Å². The normalized spacial score (nSPS) is 19.1. The second-order valence-corrected chi connectivity index (χ2v) is 7.18. The van der Waals surface area contributed by atoms with Gasteiger partial charge in [0.05, 0.1) is 6.54 Å². The van der Waals surface area contributed by atoms with Gasteiger partial charge < -0.3 is 15.4 Å². The zero-order chi connectivity index (χ0) is 17.4. The molecule has 24 heavy (non-hydrogen) atoms. The fourth-order valence-corrected chi connectivity index (χ4v) is 3.34. The summed E-state index contributed by atoms with van der Waals surface area (Å²) in [4.78, 5) is 12.1. The van der Waals surface area contributed by atoms with Gasteiger partial charge in [0.1, 0.15) is 12.4 Å². The van der Waals surface area contributed by atoms with Gasteiger partial charge in [-0.15, -0.1) is 0 Å². The molecule has 1 aromatic rings. The topological polar surface area (TPSA) is 50.4 Å². The molecule has 4 heteroatoms. The van der Waals surface area contributed by atoms with Crippen LogP contribution in [0.25, 0.3) is 0 Å². The summed E-state index contributed by atoms with van der Waals surface area (Å²) in [5.74, 6) is 2.54. The monoisotopic (exact) mass is 332 g/mol. The maximum atomic E-state index is 12.1. The van der Waals surface area contributed by atoms with Crippen LogP contribution in [0.15, 0.2) is 24.3 Å². The fraction of sp³-hybridized carbons (Fsp3) is 0.650. The Balaban J connectivity index is 1.67. The highest BCUT2D eigenvalue weighted by Gasteiger charge is 2.21. The van der Waals surface area contributed by atoms with Crippen LogP contribution in [0.5, 0.6) is 5.75 Å². The number of nitrogens with one attached hydrogen (secondary N) is 2. The average Bonchev–Trinajstić information content (AvgIpc) is 2.59. The summed E-state index contributed by atoms with van der Waals surface area (Å²) in [6.07, 6.45) is 3.06. The molecule has 1 heterocycles. The second-order valence-electron chi connectivity index (χ2n) is 7.18. The molecule has 0 radical (unpaired) electrons. The SMILES string of the molecule is CC(C)c1ccccc1OCCNC(=O)CC(C)C1CCCNC1. The number of rotatable bonds is 8. The molecule has 0 aliphatic carbocycles. The molecule has 1 aliphatic rings. The van der Waals surface area contributed by atoms with Crippen LogP contribution in [0, 0.1) is 11.8 Å². The van der Waals surface area contributed by atoms with E-state index in [1.54, 1.807) is 0 Å². The van der Waals surface area contributed by atoms with Crippen LogP contribution in [-0.4, -0.2) is 32.1 Å². The second kappa shape index (κ2) is 9.67. The Hall–Kier alpha value is -1.55. The van der Waals surface area contributed by atoms with Gasteiger partial charge in [-0.2, -0.15) is 0 Å². The van der Waals surface area contributed by atoms with Crippen molar-refractivity contribution in [3.8, 4) is 5.75 Å². The van der Waals surface area contributed by atoms with Gasteiger partial charge >= 0.3 is 0 Å². The summed E-state index contributed by atoms with van der Waals surface area (Å²) >= 11 is 0. The molecular weight excluding hydrogens is 300 g/mol. The van der Waals surface area contributed by atoms with Crippen molar-refractivity contribution in [2.75, 3.05) is 26.2 Å². The van der Waals surface area contributed by atoms with Crippen LogP contribution in [-0.2, 0) is 4.79 Å². The van der Waals surface area contributed by atoms with E-state index in [1.807, 2.05) is 18.2 Å². The lowest BCUT2D eigenvalue weighted by molar-refractivity contribution is -0.122. The van der Waals surface area contributed by atoms with Crippen molar-refractivity contribution in [2.45, 2.75) is 46.0 Å². The van der Waals surface area contributed by atoms with E-state index in [4.69, 9.17) is 4.74 Å². The maximum absolute atomic E-state index is 12.1. The molecule has 0 saturated carbocycles. The Bertz CT molecular complexity index is 510. The van der Waals surface area contributed by atoms with Crippen LogP contribution < -0.4 is 15.4 Å². The van der Waals surface area contributed by atoms with Crippen molar-refractivity contribution in [1.82, 2.24) is 10.6 Å². The molecule has 1 fully saturated rings. The third-order valence-electron chi connectivity index (χ3n) is 4.87. The van der Waals surface area contributed by atoms with Crippen LogP contribution in [0.4, 0.5) is 0 Å². The molecule has 2 rings (SSSR count). The molecule has 0 spiro atoms. The molecule has 0 bridgehead atoms. The highest BCUT2D eigenvalue weighted by Crippen LogP contribution is 2.25. The number of amides is 1. The van der Waals surface area contributed by atoms with E-state index in [1.165, 1.54) is 18.4 Å². The molecule has 0 aromatic heterocycles. The van der Waals surface area contributed by atoms with E-state index in [0.717, 1.165) is 18.8 Å². The first kappa shape index (κ1) is 18.8. The maximum Gasteiger partial charge on any atom is 0.220 e. The minimum absolute atomic E-state index is 0.133. The summed E-state index contributed by atoms with van der Waals surface area (Å²) in [7, 11) is 0. The van der Waals surface area contributed by atoms with Gasteiger partial charge in [-0.1, -0.05) is 39.0 Å².